The highest BCUT2D eigenvalue weighted by atomic mass is 32.2. The smallest absolute Gasteiger partial charge is 0.284 e. The molecule has 0 aliphatic carbocycles. The van der Waals surface area contributed by atoms with E-state index in [1.54, 1.807) is 12.1 Å². The topological polar surface area (TPSA) is 75.5 Å². The van der Waals surface area contributed by atoms with Gasteiger partial charge in [-0.1, -0.05) is 30.0 Å². The summed E-state index contributed by atoms with van der Waals surface area (Å²) in [4.78, 5) is 27.6. The molecule has 2 aromatic carbocycles. The number of piperidine rings is 3. The molecule has 0 unspecified atom stereocenters. The first kappa shape index (κ1) is 18.0. The molecule has 1 amide bonds. The molecule has 2 bridgehead atoms. The number of nitrogens with zero attached hydrogens (tertiary/aromatic N) is 2. The summed E-state index contributed by atoms with van der Waals surface area (Å²) in [5.74, 6) is 0.287. The number of rotatable bonds is 5. The fourth-order valence-corrected chi connectivity index (χ4v) is 4.80. The fourth-order valence-electron chi connectivity index (χ4n) is 3.88. The number of fused-ring (bicyclic) bond motifs is 3. The first-order valence-corrected chi connectivity index (χ1v) is 9.96. The SMILES string of the molecule is O=C(N[C@@H]1CN2CCC1CC2)c1ccc(Sc2ccccc2)c([N+](=O)[O-])c1. The second-order valence-corrected chi connectivity index (χ2v) is 8.19. The molecular formula is C20H21N3O3S. The maximum Gasteiger partial charge on any atom is 0.284 e. The summed E-state index contributed by atoms with van der Waals surface area (Å²) < 4.78 is 0. The lowest BCUT2D eigenvalue weighted by Crippen LogP contribution is -2.57. The second-order valence-electron chi connectivity index (χ2n) is 7.07. The van der Waals surface area contributed by atoms with Crippen LogP contribution in [-0.2, 0) is 0 Å². The molecule has 0 saturated carbocycles. The zero-order valence-electron chi connectivity index (χ0n) is 14.8. The Hall–Kier alpha value is -2.38. The van der Waals surface area contributed by atoms with Crippen LogP contribution in [0.3, 0.4) is 0 Å². The van der Waals surface area contributed by atoms with Gasteiger partial charge in [-0.2, -0.15) is 0 Å². The Morgan fingerprint density at radius 3 is 2.52 bits per heavy atom. The number of hydrogen-bond acceptors (Lipinski definition) is 5. The summed E-state index contributed by atoms with van der Waals surface area (Å²) in [5.41, 5.74) is 0.306. The van der Waals surface area contributed by atoms with Crippen LogP contribution in [0.2, 0.25) is 0 Å². The van der Waals surface area contributed by atoms with Crippen molar-refractivity contribution in [3.05, 3.63) is 64.2 Å². The van der Waals surface area contributed by atoms with Gasteiger partial charge in [-0.25, -0.2) is 0 Å². The van der Waals surface area contributed by atoms with E-state index in [4.69, 9.17) is 0 Å². The summed E-state index contributed by atoms with van der Waals surface area (Å²) in [6.07, 6.45) is 2.22. The lowest BCUT2D eigenvalue weighted by Gasteiger charge is -2.44. The maximum absolute atomic E-state index is 12.7. The van der Waals surface area contributed by atoms with Crippen molar-refractivity contribution in [1.82, 2.24) is 10.2 Å². The van der Waals surface area contributed by atoms with Crippen molar-refractivity contribution < 1.29 is 9.72 Å². The number of carbonyl (C=O) groups excluding carboxylic acids is 1. The molecule has 3 heterocycles. The van der Waals surface area contributed by atoms with Crippen LogP contribution in [-0.4, -0.2) is 41.4 Å². The minimum Gasteiger partial charge on any atom is -0.348 e. The summed E-state index contributed by atoms with van der Waals surface area (Å²) >= 11 is 1.33. The van der Waals surface area contributed by atoms with Crippen LogP contribution in [0, 0.1) is 16.0 Å². The van der Waals surface area contributed by atoms with Gasteiger partial charge in [0, 0.05) is 29.1 Å². The molecule has 7 heteroatoms. The number of hydrogen-bond donors (Lipinski definition) is 1. The van der Waals surface area contributed by atoms with Crippen molar-refractivity contribution in [3.8, 4) is 0 Å². The number of benzene rings is 2. The Bertz CT molecular complexity index is 851. The van der Waals surface area contributed by atoms with Gasteiger partial charge in [-0.05, 0) is 56.1 Å². The van der Waals surface area contributed by atoms with Gasteiger partial charge in [0.2, 0.25) is 0 Å². The van der Waals surface area contributed by atoms with Gasteiger partial charge in [-0.3, -0.25) is 14.9 Å². The molecule has 3 aliphatic rings. The van der Waals surface area contributed by atoms with Crippen LogP contribution < -0.4 is 5.32 Å². The van der Waals surface area contributed by atoms with E-state index in [2.05, 4.69) is 10.2 Å². The molecule has 6 nitrogen and oxygen atoms in total. The van der Waals surface area contributed by atoms with Gasteiger partial charge >= 0.3 is 0 Å². The normalized spacial score (nSPS) is 23.8. The van der Waals surface area contributed by atoms with E-state index in [1.807, 2.05) is 30.3 Å². The fraction of sp³-hybridized carbons (Fsp3) is 0.350. The van der Waals surface area contributed by atoms with Gasteiger partial charge in [0.25, 0.3) is 11.6 Å². The van der Waals surface area contributed by atoms with Gasteiger partial charge in [0.15, 0.2) is 0 Å². The third-order valence-corrected chi connectivity index (χ3v) is 6.43. The number of nitrogens with one attached hydrogen (secondary N) is 1. The molecule has 3 saturated heterocycles. The van der Waals surface area contributed by atoms with E-state index in [0.29, 0.717) is 16.4 Å². The van der Waals surface area contributed by atoms with Crippen LogP contribution >= 0.6 is 11.8 Å². The van der Waals surface area contributed by atoms with Gasteiger partial charge in [0.05, 0.1) is 9.82 Å². The average molecular weight is 383 g/mol. The summed E-state index contributed by atoms with van der Waals surface area (Å²) in [5, 5.41) is 14.6. The van der Waals surface area contributed by atoms with Crippen LogP contribution in [0.1, 0.15) is 23.2 Å². The minimum absolute atomic E-state index is 0.0367. The minimum atomic E-state index is -0.420. The Balaban J connectivity index is 1.52. The van der Waals surface area contributed by atoms with E-state index in [-0.39, 0.29) is 17.6 Å². The monoisotopic (exact) mass is 383 g/mol. The first-order chi connectivity index (χ1) is 13.1. The third-order valence-electron chi connectivity index (χ3n) is 5.36. The van der Waals surface area contributed by atoms with Crippen LogP contribution in [0.25, 0.3) is 0 Å². The summed E-state index contributed by atoms with van der Waals surface area (Å²) in [6, 6.07) is 14.4. The predicted molar refractivity (Wildman–Crippen MR) is 104 cm³/mol. The largest absolute Gasteiger partial charge is 0.348 e. The number of nitro benzene ring substituents is 1. The molecule has 5 rings (SSSR count). The van der Waals surface area contributed by atoms with Crippen LogP contribution in [0.4, 0.5) is 5.69 Å². The van der Waals surface area contributed by atoms with E-state index < -0.39 is 4.92 Å². The summed E-state index contributed by atoms with van der Waals surface area (Å²) in [6.45, 7) is 3.09. The Morgan fingerprint density at radius 1 is 1.15 bits per heavy atom. The van der Waals surface area contributed by atoms with Crippen molar-refractivity contribution in [2.45, 2.75) is 28.7 Å². The number of nitro groups is 1. The highest BCUT2D eigenvalue weighted by Crippen LogP contribution is 2.35. The number of carbonyl (C=O) groups is 1. The molecule has 140 valence electrons. The van der Waals surface area contributed by atoms with Crippen molar-refractivity contribution in [2.24, 2.45) is 5.92 Å². The van der Waals surface area contributed by atoms with E-state index >= 15 is 0 Å². The standard InChI is InChI=1S/C20H21N3O3S/c24-20(21-17-13-22-10-8-14(17)9-11-22)15-6-7-19(18(12-15)23(25)26)27-16-4-2-1-3-5-16/h1-7,12,14,17H,8-11,13H2,(H,21,24)/t17-/m1/s1. The van der Waals surface area contributed by atoms with Crippen molar-refractivity contribution in [1.29, 1.82) is 0 Å². The molecule has 1 N–H and O–H groups in total. The first-order valence-electron chi connectivity index (χ1n) is 9.15. The predicted octanol–water partition coefficient (Wildman–Crippen LogP) is 3.57. The molecule has 0 spiro atoms. The summed E-state index contributed by atoms with van der Waals surface area (Å²) in [7, 11) is 0. The van der Waals surface area contributed by atoms with Gasteiger partial charge in [-0.15, -0.1) is 0 Å². The van der Waals surface area contributed by atoms with Crippen molar-refractivity contribution >= 4 is 23.4 Å². The van der Waals surface area contributed by atoms with Gasteiger partial charge in [0.1, 0.15) is 0 Å². The molecule has 1 atom stereocenters. The lowest BCUT2D eigenvalue weighted by atomic mass is 9.84. The molecule has 2 aromatic rings. The highest BCUT2D eigenvalue weighted by Gasteiger charge is 2.35. The highest BCUT2D eigenvalue weighted by molar-refractivity contribution is 7.99. The Kier molecular flexibility index (Phi) is 5.13. The quantitative estimate of drug-likeness (QED) is 0.631. The van der Waals surface area contributed by atoms with Gasteiger partial charge < -0.3 is 10.2 Å². The molecule has 27 heavy (non-hydrogen) atoms. The molecule has 3 aliphatic heterocycles. The Labute approximate surface area is 162 Å². The molecule has 3 fully saturated rings. The Morgan fingerprint density at radius 2 is 1.89 bits per heavy atom. The van der Waals surface area contributed by atoms with Crippen LogP contribution in [0.5, 0.6) is 0 Å². The van der Waals surface area contributed by atoms with Crippen molar-refractivity contribution in [3.63, 3.8) is 0 Å². The zero-order chi connectivity index (χ0) is 18.8. The molecule has 0 radical (unpaired) electrons. The number of amides is 1. The van der Waals surface area contributed by atoms with E-state index in [0.717, 1.165) is 37.4 Å². The molecular weight excluding hydrogens is 362 g/mol. The molecule has 0 aromatic heterocycles. The lowest BCUT2D eigenvalue weighted by molar-refractivity contribution is -0.387. The maximum atomic E-state index is 12.7. The zero-order valence-corrected chi connectivity index (χ0v) is 15.7. The second kappa shape index (κ2) is 7.70. The van der Waals surface area contributed by atoms with E-state index in [1.165, 1.54) is 17.8 Å². The average Bonchev–Trinajstić information content (AvgIpc) is 2.70. The van der Waals surface area contributed by atoms with Crippen molar-refractivity contribution in [2.75, 3.05) is 19.6 Å². The third kappa shape index (κ3) is 3.99. The van der Waals surface area contributed by atoms with E-state index in [9.17, 15) is 14.9 Å². The van der Waals surface area contributed by atoms with Crippen LogP contribution in [0.15, 0.2) is 58.3 Å².